The molecule has 4 rings (SSSR count). The second kappa shape index (κ2) is 6.68. The lowest BCUT2D eigenvalue weighted by Gasteiger charge is -2.45. The quantitative estimate of drug-likeness (QED) is 0.710. The number of carbonyl (C=O) groups is 1. The van der Waals surface area contributed by atoms with E-state index >= 15 is 0 Å². The average Bonchev–Trinajstić information content (AvgIpc) is 3.40. The van der Waals surface area contributed by atoms with E-state index in [2.05, 4.69) is 21.2 Å². The number of hydrogen-bond donors (Lipinski definition) is 2. The molecule has 2 fully saturated rings. The van der Waals surface area contributed by atoms with Gasteiger partial charge in [0.1, 0.15) is 11.9 Å². The van der Waals surface area contributed by atoms with Gasteiger partial charge in [-0.15, -0.1) is 11.3 Å². The van der Waals surface area contributed by atoms with E-state index in [1.807, 2.05) is 19.1 Å². The normalized spacial score (nSPS) is 24.8. The monoisotopic (exact) mass is 460 g/mol. The molecule has 1 aromatic carbocycles. The first-order valence-corrected chi connectivity index (χ1v) is 10.5. The smallest absolute Gasteiger partial charge is 0.235 e. The molecule has 144 valence electrons. The Labute approximate surface area is 174 Å². The second-order valence-corrected chi connectivity index (χ2v) is 9.86. The fraction of sp³-hybridized carbons (Fsp3) is 0.350. The van der Waals surface area contributed by atoms with Crippen LogP contribution in [0.3, 0.4) is 0 Å². The van der Waals surface area contributed by atoms with Crippen molar-refractivity contribution in [3.63, 3.8) is 0 Å². The fourth-order valence-electron chi connectivity index (χ4n) is 3.89. The zero-order valence-corrected chi connectivity index (χ0v) is 17.7. The number of guanidine groups is 1. The number of rotatable bonds is 3. The summed E-state index contributed by atoms with van der Waals surface area (Å²) in [5.74, 6) is -0.430. The molecule has 1 saturated heterocycles. The molecular weight excluding hydrogens is 443 g/mol. The zero-order valence-electron chi connectivity index (χ0n) is 15.3. The number of thiophene rings is 1. The van der Waals surface area contributed by atoms with Crippen molar-refractivity contribution in [2.24, 2.45) is 11.8 Å². The Kier molecular flexibility index (Phi) is 4.55. The van der Waals surface area contributed by atoms with E-state index in [1.54, 1.807) is 13.1 Å². The number of benzene rings is 1. The Hall–Kier alpha value is -2.24. The Bertz CT molecular complexity index is 1040. The van der Waals surface area contributed by atoms with Gasteiger partial charge in [-0.3, -0.25) is 15.1 Å². The van der Waals surface area contributed by atoms with Crippen molar-refractivity contribution in [3.05, 3.63) is 44.3 Å². The molecule has 0 bridgehead atoms. The third kappa shape index (κ3) is 2.93. The molecule has 1 aromatic heterocycles. The van der Waals surface area contributed by atoms with Crippen LogP contribution in [0.1, 0.15) is 30.2 Å². The van der Waals surface area contributed by atoms with Gasteiger partial charge in [0.2, 0.25) is 5.91 Å². The minimum absolute atomic E-state index is 0.00593. The van der Waals surface area contributed by atoms with Crippen LogP contribution in [-0.2, 0) is 10.3 Å². The van der Waals surface area contributed by atoms with Crippen LogP contribution >= 0.6 is 27.3 Å². The topological polar surface area (TPSA) is 80.0 Å². The molecule has 2 N–H and O–H groups in total. The number of nitrogens with zero attached hydrogens (tertiary/aromatic N) is 2. The van der Waals surface area contributed by atoms with Gasteiger partial charge in [-0.2, -0.15) is 5.26 Å². The summed E-state index contributed by atoms with van der Waals surface area (Å²) in [6.45, 7) is 1.98. The largest absolute Gasteiger partial charge is 0.345 e. The maximum Gasteiger partial charge on any atom is 0.235 e. The predicted molar refractivity (Wildman–Crippen MR) is 109 cm³/mol. The molecule has 2 heterocycles. The molecular formula is C20H18BrFN4OS. The molecule has 5 nitrogen and oxygen atoms in total. The van der Waals surface area contributed by atoms with E-state index < -0.39 is 11.4 Å². The van der Waals surface area contributed by atoms with E-state index in [-0.39, 0.29) is 23.3 Å². The maximum absolute atomic E-state index is 13.7. The van der Waals surface area contributed by atoms with Crippen molar-refractivity contribution in [1.82, 2.24) is 10.2 Å². The highest BCUT2D eigenvalue weighted by atomic mass is 79.9. The van der Waals surface area contributed by atoms with Crippen molar-refractivity contribution in [2.45, 2.75) is 25.3 Å². The van der Waals surface area contributed by atoms with Crippen LogP contribution < -0.4 is 5.32 Å². The van der Waals surface area contributed by atoms with Crippen LogP contribution in [0.5, 0.6) is 0 Å². The fourth-order valence-corrected chi connectivity index (χ4v) is 5.80. The van der Waals surface area contributed by atoms with Crippen LogP contribution in [0.15, 0.2) is 28.1 Å². The highest BCUT2D eigenvalue weighted by molar-refractivity contribution is 9.11. The lowest BCUT2D eigenvalue weighted by atomic mass is 9.78. The lowest BCUT2D eigenvalue weighted by molar-refractivity contribution is -0.136. The Balaban J connectivity index is 1.79. The molecule has 8 heteroatoms. The first-order valence-electron chi connectivity index (χ1n) is 8.90. The molecule has 0 spiro atoms. The molecule has 0 radical (unpaired) electrons. The van der Waals surface area contributed by atoms with Crippen molar-refractivity contribution < 1.29 is 9.18 Å². The summed E-state index contributed by atoms with van der Waals surface area (Å²) < 4.78 is 14.5. The lowest BCUT2D eigenvalue weighted by Crippen LogP contribution is -2.64. The average molecular weight is 461 g/mol. The Morgan fingerprint density at radius 1 is 1.43 bits per heavy atom. The summed E-state index contributed by atoms with van der Waals surface area (Å²) >= 11 is 5.09. The Morgan fingerprint density at radius 2 is 2.14 bits per heavy atom. The van der Waals surface area contributed by atoms with Gasteiger partial charge in [-0.1, -0.05) is 6.07 Å². The van der Waals surface area contributed by atoms with E-state index in [0.717, 1.165) is 32.6 Å². The van der Waals surface area contributed by atoms with Gasteiger partial charge in [0, 0.05) is 17.5 Å². The van der Waals surface area contributed by atoms with Crippen LogP contribution in [0.4, 0.5) is 4.39 Å². The molecule has 2 atom stereocenters. The molecule has 1 saturated carbocycles. The summed E-state index contributed by atoms with van der Waals surface area (Å²) in [6.07, 6.45) is 2.02. The molecule has 2 aliphatic rings. The summed E-state index contributed by atoms with van der Waals surface area (Å²) in [5.41, 5.74) is 0.875. The SMILES string of the molecule is CN1C(=N)N[C@](C)(c2cc(-c3ccc(F)c(C#N)c3)c(Br)s2)[C@H](C2CC2)C1=O. The zero-order chi connectivity index (χ0) is 20.2. The number of hydrogen-bond acceptors (Lipinski definition) is 4. The van der Waals surface area contributed by atoms with Crippen LogP contribution in [0.25, 0.3) is 11.1 Å². The minimum atomic E-state index is -0.689. The summed E-state index contributed by atoms with van der Waals surface area (Å²) in [7, 11) is 1.63. The number of amides is 1. The van der Waals surface area contributed by atoms with Crippen molar-refractivity contribution in [1.29, 1.82) is 10.7 Å². The molecule has 1 aliphatic heterocycles. The van der Waals surface area contributed by atoms with Crippen LogP contribution in [0.2, 0.25) is 0 Å². The van der Waals surface area contributed by atoms with Crippen LogP contribution in [0, 0.1) is 34.4 Å². The van der Waals surface area contributed by atoms with E-state index in [9.17, 15) is 9.18 Å². The summed E-state index contributed by atoms with van der Waals surface area (Å²) in [5, 5.41) is 20.6. The number of halogens is 2. The van der Waals surface area contributed by atoms with Crippen LogP contribution in [-0.4, -0.2) is 23.8 Å². The van der Waals surface area contributed by atoms with Gasteiger partial charge in [-0.05, 0) is 65.4 Å². The van der Waals surface area contributed by atoms with E-state index in [0.29, 0.717) is 5.92 Å². The molecule has 28 heavy (non-hydrogen) atoms. The van der Waals surface area contributed by atoms with E-state index in [1.165, 1.54) is 28.4 Å². The van der Waals surface area contributed by atoms with E-state index in [4.69, 9.17) is 10.7 Å². The van der Waals surface area contributed by atoms with Gasteiger partial charge in [-0.25, -0.2) is 4.39 Å². The highest BCUT2D eigenvalue weighted by Gasteiger charge is 2.54. The molecule has 0 unspecified atom stereocenters. The van der Waals surface area contributed by atoms with Gasteiger partial charge in [0.05, 0.1) is 20.8 Å². The van der Waals surface area contributed by atoms with Crippen molar-refractivity contribution in [2.75, 3.05) is 7.05 Å². The standard InChI is InChI=1S/C20H18BrFN4OS/c1-20(16(10-3-4-10)18(27)26(2)19(24)25-20)15-8-13(17(21)28-15)11-5-6-14(22)12(7-11)9-23/h5-8,10,16H,3-4H2,1-2H3,(H2,24,25)/t16-,20-/m1/s1. The first kappa shape index (κ1) is 19.1. The van der Waals surface area contributed by atoms with Crippen molar-refractivity contribution >= 4 is 39.1 Å². The first-order chi connectivity index (χ1) is 13.3. The van der Waals surface area contributed by atoms with Gasteiger partial charge >= 0.3 is 0 Å². The third-order valence-corrected chi connectivity index (χ3v) is 7.70. The maximum atomic E-state index is 13.7. The Morgan fingerprint density at radius 3 is 2.79 bits per heavy atom. The van der Waals surface area contributed by atoms with Gasteiger partial charge < -0.3 is 5.32 Å². The number of nitrogens with one attached hydrogen (secondary N) is 2. The molecule has 2 aromatic rings. The second-order valence-electron chi connectivity index (χ2n) is 7.49. The third-order valence-electron chi connectivity index (χ3n) is 5.62. The van der Waals surface area contributed by atoms with Gasteiger partial charge in [0.15, 0.2) is 5.96 Å². The minimum Gasteiger partial charge on any atom is -0.345 e. The molecule has 1 amide bonds. The number of nitriles is 1. The van der Waals surface area contributed by atoms with Gasteiger partial charge in [0.25, 0.3) is 0 Å². The molecule has 1 aliphatic carbocycles. The highest BCUT2D eigenvalue weighted by Crippen LogP contribution is 2.51. The predicted octanol–water partition coefficient (Wildman–Crippen LogP) is 4.43. The number of carbonyl (C=O) groups excluding carboxylic acids is 1. The van der Waals surface area contributed by atoms with Crippen molar-refractivity contribution in [3.8, 4) is 17.2 Å². The summed E-state index contributed by atoms with van der Waals surface area (Å²) in [4.78, 5) is 15.3. The summed E-state index contributed by atoms with van der Waals surface area (Å²) in [6, 6.07) is 8.30.